The quantitative estimate of drug-likeness (QED) is 0.579. The number of benzene rings is 1. The van der Waals surface area contributed by atoms with E-state index in [1.165, 1.54) is 0 Å². The Balaban J connectivity index is 2.57. The average molecular weight is 342 g/mol. The SMILES string of the molecule is CS(=O)(=O)OCC#Cc1ccc(C#CCOS(C)(=O)=O)cc1. The Bertz CT molecular complexity index is 756. The molecule has 0 radical (unpaired) electrons. The van der Waals surface area contributed by atoms with Crippen LogP contribution in [0.5, 0.6) is 0 Å². The topological polar surface area (TPSA) is 86.7 Å². The molecule has 0 fully saturated rings. The Morgan fingerprint density at radius 1 is 0.773 bits per heavy atom. The van der Waals surface area contributed by atoms with Crippen LogP contribution >= 0.6 is 0 Å². The van der Waals surface area contributed by atoms with Crippen molar-refractivity contribution < 1.29 is 25.2 Å². The second kappa shape index (κ2) is 7.97. The van der Waals surface area contributed by atoms with Crippen LogP contribution in [0, 0.1) is 23.7 Å². The lowest BCUT2D eigenvalue weighted by Gasteiger charge is -1.94. The summed E-state index contributed by atoms with van der Waals surface area (Å²) >= 11 is 0. The lowest BCUT2D eigenvalue weighted by Crippen LogP contribution is -2.02. The van der Waals surface area contributed by atoms with Crippen molar-refractivity contribution in [1.82, 2.24) is 0 Å². The molecular formula is C14H14O6S2. The van der Waals surface area contributed by atoms with E-state index in [9.17, 15) is 16.8 Å². The first-order valence-corrected chi connectivity index (χ1v) is 9.56. The molecule has 0 spiro atoms. The molecule has 118 valence electrons. The normalized spacial score (nSPS) is 11.0. The van der Waals surface area contributed by atoms with Gasteiger partial charge in [-0.15, -0.1) is 0 Å². The van der Waals surface area contributed by atoms with Gasteiger partial charge in [0.25, 0.3) is 20.2 Å². The third kappa shape index (κ3) is 9.16. The zero-order valence-electron chi connectivity index (χ0n) is 12.0. The van der Waals surface area contributed by atoms with Gasteiger partial charge in [0.1, 0.15) is 13.2 Å². The van der Waals surface area contributed by atoms with Gasteiger partial charge >= 0.3 is 0 Å². The molecule has 1 rings (SSSR count). The standard InChI is InChI=1S/C14H14O6S2/c1-21(15,16)19-11-3-5-13-7-9-14(10-8-13)6-4-12-20-22(2,17)18/h7-10H,11-12H2,1-2H3. The summed E-state index contributed by atoms with van der Waals surface area (Å²) in [4.78, 5) is 0. The Morgan fingerprint density at radius 2 is 1.09 bits per heavy atom. The largest absolute Gasteiger partial charge is 0.265 e. The minimum Gasteiger partial charge on any atom is -0.257 e. The minimum atomic E-state index is -3.48. The number of hydrogen-bond acceptors (Lipinski definition) is 6. The molecule has 0 unspecified atom stereocenters. The first-order valence-electron chi connectivity index (χ1n) is 5.92. The second-order valence-corrected chi connectivity index (χ2v) is 7.40. The van der Waals surface area contributed by atoms with Crippen LogP contribution in [-0.2, 0) is 28.6 Å². The molecule has 0 saturated heterocycles. The van der Waals surface area contributed by atoms with Crippen molar-refractivity contribution in [3.05, 3.63) is 35.4 Å². The molecule has 0 amide bonds. The summed E-state index contributed by atoms with van der Waals surface area (Å²) in [5.41, 5.74) is 1.35. The maximum atomic E-state index is 10.7. The first-order chi connectivity index (χ1) is 10.2. The average Bonchev–Trinajstić information content (AvgIpc) is 2.39. The number of rotatable bonds is 4. The molecule has 1 aromatic carbocycles. The molecule has 0 atom stereocenters. The summed E-state index contributed by atoms with van der Waals surface area (Å²) < 4.78 is 51.8. The predicted molar refractivity (Wildman–Crippen MR) is 81.8 cm³/mol. The molecule has 8 heteroatoms. The molecule has 6 nitrogen and oxygen atoms in total. The van der Waals surface area contributed by atoms with Gasteiger partial charge in [-0.1, -0.05) is 23.7 Å². The lowest BCUT2D eigenvalue weighted by atomic mass is 10.1. The van der Waals surface area contributed by atoms with Crippen LogP contribution in [0.15, 0.2) is 24.3 Å². The van der Waals surface area contributed by atoms with E-state index < -0.39 is 20.2 Å². The highest BCUT2D eigenvalue weighted by Crippen LogP contribution is 2.01. The Kier molecular flexibility index (Phi) is 6.60. The molecule has 0 N–H and O–H groups in total. The van der Waals surface area contributed by atoms with E-state index in [2.05, 4.69) is 32.0 Å². The van der Waals surface area contributed by atoms with E-state index in [1.54, 1.807) is 24.3 Å². The highest BCUT2D eigenvalue weighted by atomic mass is 32.2. The Morgan fingerprint density at radius 3 is 1.36 bits per heavy atom. The molecule has 0 aliphatic heterocycles. The molecule has 0 saturated carbocycles. The molecule has 1 aromatic rings. The van der Waals surface area contributed by atoms with Gasteiger partial charge in [0.05, 0.1) is 12.5 Å². The maximum Gasteiger partial charge on any atom is 0.265 e. The van der Waals surface area contributed by atoms with Gasteiger partial charge in [0, 0.05) is 11.1 Å². The fourth-order valence-electron chi connectivity index (χ4n) is 1.19. The van der Waals surface area contributed by atoms with E-state index in [0.29, 0.717) is 11.1 Å². The van der Waals surface area contributed by atoms with Crippen LogP contribution < -0.4 is 0 Å². The highest BCUT2D eigenvalue weighted by Gasteiger charge is 1.98. The molecule has 22 heavy (non-hydrogen) atoms. The van der Waals surface area contributed by atoms with Crippen molar-refractivity contribution >= 4 is 20.2 Å². The van der Waals surface area contributed by atoms with Crippen molar-refractivity contribution in [2.45, 2.75) is 0 Å². The predicted octanol–water partition coefficient (Wildman–Crippen LogP) is 0.342. The van der Waals surface area contributed by atoms with Crippen molar-refractivity contribution in [1.29, 1.82) is 0 Å². The molecule has 0 heterocycles. The van der Waals surface area contributed by atoms with Gasteiger partial charge in [-0.3, -0.25) is 8.37 Å². The van der Waals surface area contributed by atoms with Gasteiger partial charge in [-0.25, -0.2) is 0 Å². The Hall–Kier alpha value is -1.84. The summed E-state index contributed by atoms with van der Waals surface area (Å²) in [6.07, 6.45) is 1.91. The molecular weight excluding hydrogens is 328 g/mol. The monoisotopic (exact) mass is 342 g/mol. The van der Waals surface area contributed by atoms with Gasteiger partial charge < -0.3 is 0 Å². The van der Waals surface area contributed by atoms with Crippen molar-refractivity contribution in [3.8, 4) is 23.7 Å². The third-order valence-electron chi connectivity index (χ3n) is 2.04. The van der Waals surface area contributed by atoms with Gasteiger partial charge in [0.2, 0.25) is 0 Å². The summed E-state index contributed by atoms with van der Waals surface area (Å²) in [6, 6.07) is 6.81. The third-order valence-corrected chi connectivity index (χ3v) is 3.13. The maximum absolute atomic E-state index is 10.7. The molecule has 0 aromatic heterocycles. The lowest BCUT2D eigenvalue weighted by molar-refractivity contribution is 0.367. The fraction of sp³-hybridized carbons (Fsp3) is 0.286. The second-order valence-electron chi connectivity index (χ2n) is 4.11. The summed E-state index contributed by atoms with van der Waals surface area (Å²) in [5.74, 6) is 10.6. The zero-order valence-corrected chi connectivity index (χ0v) is 13.6. The van der Waals surface area contributed by atoms with Crippen molar-refractivity contribution in [3.63, 3.8) is 0 Å². The molecule has 0 aliphatic carbocycles. The van der Waals surface area contributed by atoms with Crippen LogP contribution in [0.3, 0.4) is 0 Å². The van der Waals surface area contributed by atoms with Gasteiger partial charge in [0.15, 0.2) is 0 Å². The summed E-state index contributed by atoms with van der Waals surface area (Å²) in [6.45, 7) is -0.410. The highest BCUT2D eigenvalue weighted by molar-refractivity contribution is 7.86. The molecule has 0 bridgehead atoms. The minimum absolute atomic E-state index is 0.205. The fourth-order valence-corrected chi connectivity index (χ4v) is 1.73. The van der Waals surface area contributed by atoms with Crippen molar-refractivity contribution in [2.24, 2.45) is 0 Å². The van der Waals surface area contributed by atoms with E-state index in [4.69, 9.17) is 0 Å². The van der Waals surface area contributed by atoms with Gasteiger partial charge in [-0.2, -0.15) is 16.8 Å². The van der Waals surface area contributed by atoms with Crippen LogP contribution in [0.25, 0.3) is 0 Å². The van der Waals surface area contributed by atoms with E-state index in [-0.39, 0.29) is 13.2 Å². The van der Waals surface area contributed by atoms with Crippen LogP contribution in [0.1, 0.15) is 11.1 Å². The van der Waals surface area contributed by atoms with Crippen LogP contribution in [0.2, 0.25) is 0 Å². The number of hydrogen-bond donors (Lipinski definition) is 0. The molecule has 0 aliphatic rings. The first kappa shape index (κ1) is 18.2. The van der Waals surface area contributed by atoms with Gasteiger partial charge in [-0.05, 0) is 24.3 Å². The van der Waals surface area contributed by atoms with E-state index >= 15 is 0 Å². The zero-order chi connectivity index (χ0) is 16.6. The van der Waals surface area contributed by atoms with Crippen molar-refractivity contribution in [2.75, 3.05) is 25.7 Å². The smallest absolute Gasteiger partial charge is 0.257 e. The van der Waals surface area contributed by atoms with Crippen LogP contribution in [-0.4, -0.2) is 42.6 Å². The van der Waals surface area contributed by atoms with E-state index in [0.717, 1.165) is 12.5 Å². The van der Waals surface area contributed by atoms with Crippen LogP contribution in [0.4, 0.5) is 0 Å². The summed E-state index contributed by atoms with van der Waals surface area (Å²) in [7, 11) is -6.97. The Labute approximate surface area is 130 Å². The van der Waals surface area contributed by atoms with E-state index in [1.807, 2.05) is 0 Å². The summed E-state index contributed by atoms with van der Waals surface area (Å²) in [5, 5.41) is 0.